The number of para-hydroxylation sites is 2. The third-order valence-corrected chi connectivity index (χ3v) is 2.94. The van der Waals surface area contributed by atoms with Crippen LogP contribution in [0.2, 0.25) is 0 Å². The van der Waals surface area contributed by atoms with Crippen LogP contribution < -0.4 is 11.1 Å². The van der Waals surface area contributed by atoms with Crippen molar-refractivity contribution in [2.75, 3.05) is 13.6 Å². The lowest BCUT2D eigenvalue weighted by Crippen LogP contribution is -2.20. The van der Waals surface area contributed by atoms with Gasteiger partial charge in [-0.3, -0.25) is 4.79 Å². The van der Waals surface area contributed by atoms with E-state index in [1.54, 1.807) is 7.05 Å². The van der Waals surface area contributed by atoms with Crippen LogP contribution in [0.5, 0.6) is 0 Å². The van der Waals surface area contributed by atoms with Crippen LogP contribution in [-0.4, -0.2) is 29.1 Å². The zero-order valence-corrected chi connectivity index (χ0v) is 10.5. The number of aryl methyl sites for hydroxylation is 1. The Morgan fingerprint density at radius 2 is 2.22 bits per heavy atom. The number of carbonyl (C=O) groups is 1. The minimum Gasteiger partial charge on any atom is -0.359 e. The summed E-state index contributed by atoms with van der Waals surface area (Å²) in [5, 5.41) is 2.63. The highest BCUT2D eigenvalue weighted by molar-refractivity contribution is 5.77. The first kappa shape index (κ1) is 12.6. The van der Waals surface area contributed by atoms with E-state index < -0.39 is 0 Å². The summed E-state index contributed by atoms with van der Waals surface area (Å²) in [7, 11) is 1.65. The molecule has 18 heavy (non-hydrogen) atoms. The Labute approximate surface area is 106 Å². The number of amides is 1. The molecule has 2 rings (SSSR count). The lowest BCUT2D eigenvalue weighted by atomic mass is 10.3. The molecular weight excluding hydrogens is 228 g/mol. The van der Waals surface area contributed by atoms with Crippen LogP contribution in [0, 0.1) is 0 Å². The third-order valence-electron chi connectivity index (χ3n) is 2.94. The average molecular weight is 246 g/mol. The van der Waals surface area contributed by atoms with Gasteiger partial charge in [0.05, 0.1) is 11.0 Å². The molecule has 0 radical (unpaired) electrons. The van der Waals surface area contributed by atoms with Gasteiger partial charge in [-0.2, -0.15) is 0 Å². The highest BCUT2D eigenvalue weighted by atomic mass is 16.1. The van der Waals surface area contributed by atoms with Crippen molar-refractivity contribution in [2.24, 2.45) is 5.73 Å². The highest BCUT2D eigenvalue weighted by Crippen LogP contribution is 2.16. The van der Waals surface area contributed by atoms with Crippen molar-refractivity contribution in [3.8, 4) is 0 Å². The van der Waals surface area contributed by atoms with E-state index in [0.29, 0.717) is 19.5 Å². The smallest absolute Gasteiger partial charge is 0.221 e. The number of benzene rings is 1. The van der Waals surface area contributed by atoms with E-state index in [4.69, 9.17) is 5.73 Å². The van der Waals surface area contributed by atoms with Gasteiger partial charge < -0.3 is 15.6 Å². The van der Waals surface area contributed by atoms with Crippen LogP contribution in [0.3, 0.4) is 0 Å². The van der Waals surface area contributed by atoms with Crippen LogP contribution in [0.25, 0.3) is 11.0 Å². The van der Waals surface area contributed by atoms with Crippen molar-refractivity contribution in [1.82, 2.24) is 14.9 Å². The van der Waals surface area contributed by atoms with Gasteiger partial charge in [0.2, 0.25) is 5.91 Å². The Morgan fingerprint density at radius 1 is 1.44 bits per heavy atom. The van der Waals surface area contributed by atoms with E-state index in [0.717, 1.165) is 23.3 Å². The third kappa shape index (κ3) is 2.51. The number of rotatable bonds is 5. The number of aromatic nitrogens is 2. The molecule has 0 aliphatic carbocycles. The summed E-state index contributed by atoms with van der Waals surface area (Å²) in [6.45, 7) is 1.19. The van der Waals surface area contributed by atoms with E-state index >= 15 is 0 Å². The number of carbonyl (C=O) groups excluding carboxylic acids is 1. The Bertz CT molecular complexity index is 547. The van der Waals surface area contributed by atoms with E-state index in [2.05, 4.69) is 14.9 Å². The summed E-state index contributed by atoms with van der Waals surface area (Å²) >= 11 is 0. The Balaban J connectivity index is 2.32. The minimum atomic E-state index is 0.0338. The first-order chi connectivity index (χ1) is 8.76. The molecule has 96 valence electrons. The lowest BCUT2D eigenvalue weighted by Gasteiger charge is -2.07. The Hall–Kier alpha value is -1.88. The molecule has 0 aliphatic rings. The molecule has 1 aromatic heterocycles. The number of nitrogens with two attached hydrogens (primary N) is 1. The maximum absolute atomic E-state index is 11.3. The zero-order chi connectivity index (χ0) is 13.0. The summed E-state index contributed by atoms with van der Waals surface area (Å²) < 4.78 is 2.08. The largest absolute Gasteiger partial charge is 0.359 e. The molecule has 0 saturated carbocycles. The molecule has 0 saturated heterocycles. The van der Waals surface area contributed by atoms with E-state index in [9.17, 15) is 4.79 Å². The summed E-state index contributed by atoms with van der Waals surface area (Å²) in [5.74, 6) is 0.981. The van der Waals surface area contributed by atoms with Crippen LogP contribution in [-0.2, 0) is 17.8 Å². The number of nitrogens with one attached hydrogen (secondary N) is 1. The second-order valence-electron chi connectivity index (χ2n) is 4.13. The average Bonchev–Trinajstić information content (AvgIpc) is 2.74. The first-order valence-corrected chi connectivity index (χ1v) is 6.11. The van der Waals surface area contributed by atoms with Crippen LogP contribution in [0.4, 0.5) is 0 Å². The normalized spacial score (nSPS) is 10.8. The minimum absolute atomic E-state index is 0.0338. The Kier molecular flexibility index (Phi) is 3.94. The first-order valence-electron chi connectivity index (χ1n) is 6.11. The fourth-order valence-corrected chi connectivity index (χ4v) is 2.03. The molecular formula is C13H18N4O. The molecule has 1 aromatic carbocycles. The number of imidazole rings is 1. The van der Waals surface area contributed by atoms with E-state index in [1.165, 1.54) is 0 Å². The highest BCUT2D eigenvalue weighted by Gasteiger charge is 2.10. The molecule has 0 unspecified atom stereocenters. The maximum atomic E-state index is 11.3. The number of fused-ring (bicyclic) bond motifs is 1. The van der Waals surface area contributed by atoms with Gasteiger partial charge in [0.25, 0.3) is 0 Å². The molecule has 0 bridgehead atoms. The lowest BCUT2D eigenvalue weighted by molar-refractivity contribution is -0.120. The van der Waals surface area contributed by atoms with Crippen LogP contribution >= 0.6 is 0 Å². The molecule has 3 N–H and O–H groups in total. The van der Waals surface area contributed by atoms with Crippen molar-refractivity contribution < 1.29 is 4.79 Å². The SMILES string of the molecule is CNC(=O)CCn1c(CCN)nc2ccccc21. The van der Waals surface area contributed by atoms with Gasteiger partial charge in [0.15, 0.2) is 0 Å². The molecule has 5 heteroatoms. The van der Waals surface area contributed by atoms with E-state index in [1.807, 2.05) is 24.3 Å². The molecule has 0 fully saturated rings. The van der Waals surface area contributed by atoms with Crippen molar-refractivity contribution in [3.05, 3.63) is 30.1 Å². The molecule has 1 amide bonds. The summed E-state index contributed by atoms with van der Waals surface area (Å²) in [5.41, 5.74) is 7.62. The van der Waals surface area contributed by atoms with Gasteiger partial charge in [-0.1, -0.05) is 12.1 Å². The molecule has 5 nitrogen and oxygen atoms in total. The Morgan fingerprint density at radius 3 is 2.94 bits per heavy atom. The summed E-state index contributed by atoms with van der Waals surface area (Å²) in [6, 6.07) is 7.94. The van der Waals surface area contributed by atoms with Crippen LogP contribution in [0.1, 0.15) is 12.2 Å². The molecule has 1 heterocycles. The quantitative estimate of drug-likeness (QED) is 0.814. The fraction of sp³-hybridized carbons (Fsp3) is 0.385. The molecule has 0 aliphatic heterocycles. The van der Waals surface area contributed by atoms with Crippen molar-refractivity contribution in [2.45, 2.75) is 19.4 Å². The number of hydrogen-bond donors (Lipinski definition) is 2. The number of hydrogen-bond acceptors (Lipinski definition) is 3. The van der Waals surface area contributed by atoms with Crippen molar-refractivity contribution in [1.29, 1.82) is 0 Å². The topological polar surface area (TPSA) is 72.9 Å². The van der Waals surface area contributed by atoms with Gasteiger partial charge in [0.1, 0.15) is 5.82 Å². The molecule has 0 spiro atoms. The summed E-state index contributed by atoms with van der Waals surface area (Å²) in [6.07, 6.45) is 1.18. The predicted molar refractivity (Wildman–Crippen MR) is 71.2 cm³/mol. The summed E-state index contributed by atoms with van der Waals surface area (Å²) in [4.78, 5) is 15.9. The second kappa shape index (κ2) is 5.64. The predicted octanol–water partition coefficient (Wildman–Crippen LogP) is 0.674. The van der Waals surface area contributed by atoms with Gasteiger partial charge >= 0.3 is 0 Å². The van der Waals surface area contributed by atoms with Gasteiger partial charge in [-0.15, -0.1) is 0 Å². The van der Waals surface area contributed by atoms with Gasteiger partial charge in [0, 0.05) is 26.4 Å². The van der Waals surface area contributed by atoms with Crippen LogP contribution in [0.15, 0.2) is 24.3 Å². The van der Waals surface area contributed by atoms with Crippen molar-refractivity contribution >= 4 is 16.9 Å². The molecule has 0 atom stereocenters. The second-order valence-corrected chi connectivity index (χ2v) is 4.13. The monoisotopic (exact) mass is 246 g/mol. The van der Waals surface area contributed by atoms with Gasteiger partial charge in [-0.05, 0) is 18.7 Å². The van der Waals surface area contributed by atoms with Gasteiger partial charge in [-0.25, -0.2) is 4.98 Å². The zero-order valence-electron chi connectivity index (χ0n) is 10.5. The van der Waals surface area contributed by atoms with E-state index in [-0.39, 0.29) is 5.91 Å². The van der Waals surface area contributed by atoms with Crippen molar-refractivity contribution in [3.63, 3.8) is 0 Å². The maximum Gasteiger partial charge on any atom is 0.221 e. The number of nitrogens with zero attached hydrogens (tertiary/aromatic N) is 2. The molecule has 2 aromatic rings. The standard InChI is InChI=1S/C13H18N4O/c1-15-13(18)7-9-17-11-5-3-2-4-10(11)16-12(17)6-8-14/h2-5H,6-9,14H2,1H3,(H,15,18). The fourth-order valence-electron chi connectivity index (χ4n) is 2.03.